The van der Waals surface area contributed by atoms with Crippen molar-refractivity contribution in [2.75, 3.05) is 0 Å². The van der Waals surface area contributed by atoms with Gasteiger partial charge in [0, 0.05) is 11.8 Å². The fourth-order valence-corrected chi connectivity index (χ4v) is 5.80. The number of allylic oxidation sites excluding steroid dienone is 12. The van der Waals surface area contributed by atoms with Crippen LogP contribution in [0.2, 0.25) is 0 Å². The Kier molecular flexibility index (Phi) is 1.63. The van der Waals surface area contributed by atoms with Gasteiger partial charge in [-0.3, -0.25) is 0 Å². The summed E-state index contributed by atoms with van der Waals surface area (Å²) in [4.78, 5) is 0. The Labute approximate surface area is 120 Å². The van der Waals surface area contributed by atoms with E-state index in [1.165, 1.54) is 0 Å². The highest BCUT2D eigenvalue weighted by atomic mass is 14.5. The highest BCUT2D eigenvalue weighted by Crippen LogP contribution is 2.59. The summed E-state index contributed by atoms with van der Waals surface area (Å²) >= 11 is 0. The molecule has 0 unspecified atom stereocenters. The van der Waals surface area contributed by atoms with E-state index < -0.39 is 0 Å². The lowest BCUT2D eigenvalue weighted by Crippen LogP contribution is -2.16. The van der Waals surface area contributed by atoms with Crippen LogP contribution in [0.1, 0.15) is 0 Å². The van der Waals surface area contributed by atoms with Crippen LogP contribution in [-0.4, -0.2) is 0 Å². The second kappa shape index (κ2) is 3.19. The Balaban J connectivity index is 1.47. The first-order valence-electron chi connectivity index (χ1n) is 8.07. The van der Waals surface area contributed by atoms with Gasteiger partial charge in [-0.15, -0.1) is 0 Å². The van der Waals surface area contributed by atoms with Crippen molar-refractivity contribution < 1.29 is 0 Å². The Hall–Kier alpha value is -1.56. The molecule has 0 aromatic carbocycles. The summed E-state index contributed by atoms with van der Waals surface area (Å²) in [6.07, 6.45) is 24.8. The van der Waals surface area contributed by atoms with Crippen molar-refractivity contribution >= 4 is 0 Å². The molecule has 0 fully saturated rings. The highest BCUT2D eigenvalue weighted by Gasteiger charge is 2.50. The predicted molar refractivity (Wildman–Crippen MR) is 80.6 cm³/mol. The lowest BCUT2D eigenvalue weighted by molar-refractivity contribution is 0.398. The summed E-state index contributed by atoms with van der Waals surface area (Å²) in [7, 11) is 0. The monoisotopic (exact) mass is 258 g/mol. The van der Waals surface area contributed by atoms with Crippen LogP contribution in [-0.2, 0) is 0 Å². The van der Waals surface area contributed by atoms with Gasteiger partial charge in [0.2, 0.25) is 0 Å². The molecule has 0 N–H and O–H groups in total. The van der Waals surface area contributed by atoms with Gasteiger partial charge >= 0.3 is 0 Å². The van der Waals surface area contributed by atoms with Gasteiger partial charge in [0.1, 0.15) is 0 Å². The molecule has 0 saturated carbocycles. The van der Waals surface area contributed by atoms with Crippen molar-refractivity contribution in [3.63, 3.8) is 0 Å². The second-order valence-electron chi connectivity index (χ2n) is 7.30. The molecule has 0 aliphatic heterocycles. The van der Waals surface area contributed by atoms with E-state index in [9.17, 15) is 0 Å². The van der Waals surface area contributed by atoms with E-state index in [1.54, 1.807) is 11.1 Å². The van der Waals surface area contributed by atoms with Crippen LogP contribution in [0.15, 0.2) is 71.9 Å². The van der Waals surface area contributed by atoms with Crippen LogP contribution in [0.4, 0.5) is 0 Å². The van der Waals surface area contributed by atoms with E-state index >= 15 is 0 Å². The standard InChI is InChI=1S/C20H18/c1-3-13-9-17(15-7-5-11(1)19(13)15)18-10-14-4-2-12-6-8-16(18)20(12)14/h1-16,19-20H/t11-,12+,13+,14-,15-,16-,19-,20+/m0/s1. The first kappa shape index (κ1) is 10.2. The topological polar surface area (TPSA) is 0 Å². The zero-order chi connectivity index (χ0) is 12.8. The maximum atomic E-state index is 2.59. The molecule has 0 aromatic rings. The van der Waals surface area contributed by atoms with E-state index in [-0.39, 0.29) is 0 Å². The summed E-state index contributed by atoms with van der Waals surface area (Å²) in [5.74, 6) is 5.87. The van der Waals surface area contributed by atoms with Crippen molar-refractivity contribution in [1.82, 2.24) is 0 Å². The number of rotatable bonds is 1. The number of hydrogen-bond acceptors (Lipinski definition) is 0. The molecule has 0 spiro atoms. The molecule has 98 valence electrons. The molecular weight excluding hydrogens is 240 g/mol. The van der Waals surface area contributed by atoms with E-state index in [0.717, 1.165) is 11.8 Å². The van der Waals surface area contributed by atoms with Gasteiger partial charge in [0.05, 0.1) is 0 Å². The fraction of sp³-hybridized carbons (Fsp3) is 0.400. The van der Waals surface area contributed by atoms with E-state index in [2.05, 4.69) is 60.8 Å². The van der Waals surface area contributed by atoms with Gasteiger partial charge in [-0.2, -0.15) is 0 Å². The summed E-state index contributed by atoms with van der Waals surface area (Å²) < 4.78 is 0. The average Bonchev–Trinajstić information content (AvgIpc) is 3.18. The normalized spacial score (nSPS) is 54.8. The zero-order valence-electron chi connectivity index (χ0n) is 11.4. The maximum absolute atomic E-state index is 2.59. The molecule has 0 radical (unpaired) electrons. The molecule has 6 aliphatic carbocycles. The lowest BCUT2D eigenvalue weighted by Gasteiger charge is -2.22. The van der Waals surface area contributed by atoms with Gasteiger partial charge in [-0.05, 0) is 46.7 Å². The molecule has 8 atom stereocenters. The lowest BCUT2D eigenvalue weighted by atomic mass is 9.81. The van der Waals surface area contributed by atoms with Gasteiger partial charge in [-0.1, -0.05) is 60.8 Å². The first-order chi connectivity index (χ1) is 9.90. The summed E-state index contributed by atoms with van der Waals surface area (Å²) in [5, 5.41) is 0. The van der Waals surface area contributed by atoms with Gasteiger partial charge in [0.25, 0.3) is 0 Å². The van der Waals surface area contributed by atoms with Crippen LogP contribution < -0.4 is 0 Å². The summed E-state index contributed by atoms with van der Waals surface area (Å²) in [6, 6.07) is 0. The third-order valence-electron chi connectivity index (χ3n) is 6.60. The van der Waals surface area contributed by atoms with Crippen molar-refractivity contribution in [1.29, 1.82) is 0 Å². The minimum atomic E-state index is 0.696. The Bertz CT molecular complexity index is 621. The molecule has 0 amide bonds. The molecule has 0 saturated heterocycles. The van der Waals surface area contributed by atoms with Crippen molar-refractivity contribution in [3.05, 3.63) is 71.9 Å². The predicted octanol–water partition coefficient (Wildman–Crippen LogP) is 4.08. The second-order valence-corrected chi connectivity index (χ2v) is 7.30. The van der Waals surface area contributed by atoms with Crippen molar-refractivity contribution in [3.8, 4) is 0 Å². The van der Waals surface area contributed by atoms with E-state index in [4.69, 9.17) is 0 Å². The smallest absolute Gasteiger partial charge is 0.00636 e. The van der Waals surface area contributed by atoms with Gasteiger partial charge in [0.15, 0.2) is 0 Å². The first-order valence-corrected chi connectivity index (χ1v) is 8.07. The zero-order valence-corrected chi connectivity index (χ0v) is 11.4. The molecule has 0 heterocycles. The van der Waals surface area contributed by atoms with Crippen LogP contribution >= 0.6 is 0 Å². The van der Waals surface area contributed by atoms with E-state index in [0.29, 0.717) is 35.5 Å². The Morgan fingerprint density at radius 3 is 1.35 bits per heavy atom. The molecule has 20 heavy (non-hydrogen) atoms. The molecule has 0 nitrogen and oxygen atoms in total. The van der Waals surface area contributed by atoms with Crippen molar-refractivity contribution in [2.24, 2.45) is 47.3 Å². The Morgan fingerprint density at radius 2 is 0.850 bits per heavy atom. The van der Waals surface area contributed by atoms with Crippen molar-refractivity contribution in [2.45, 2.75) is 0 Å². The quantitative estimate of drug-likeness (QED) is 0.622. The molecule has 6 aliphatic rings. The van der Waals surface area contributed by atoms with Gasteiger partial charge in [-0.25, -0.2) is 0 Å². The van der Waals surface area contributed by atoms with E-state index in [1.807, 2.05) is 0 Å². The maximum Gasteiger partial charge on any atom is 0.00636 e. The molecule has 0 bridgehead atoms. The van der Waals surface area contributed by atoms with Crippen LogP contribution in [0.25, 0.3) is 0 Å². The van der Waals surface area contributed by atoms with Gasteiger partial charge < -0.3 is 0 Å². The SMILES string of the molecule is C1=C[C@H]2C=C(C3=C[C@H]4C=C[C@H]5C=C[C@@H]3[C@@H]54)[C@@H]3C=C[C@@H]1[C@H]23. The molecule has 0 aromatic heterocycles. The minimum Gasteiger partial charge on any atom is -0.0807 e. The third kappa shape index (κ3) is 1.01. The average molecular weight is 258 g/mol. The fourth-order valence-electron chi connectivity index (χ4n) is 5.80. The molecule has 0 heteroatoms. The largest absolute Gasteiger partial charge is 0.0807 e. The highest BCUT2D eigenvalue weighted by molar-refractivity contribution is 5.53. The third-order valence-corrected chi connectivity index (χ3v) is 6.60. The van der Waals surface area contributed by atoms with Crippen LogP contribution in [0.5, 0.6) is 0 Å². The summed E-state index contributed by atoms with van der Waals surface area (Å²) in [6.45, 7) is 0. The van der Waals surface area contributed by atoms with Crippen LogP contribution in [0.3, 0.4) is 0 Å². The Morgan fingerprint density at radius 1 is 0.450 bits per heavy atom. The molecule has 6 rings (SSSR count). The van der Waals surface area contributed by atoms with Crippen LogP contribution in [0, 0.1) is 47.3 Å². The summed E-state index contributed by atoms with van der Waals surface area (Å²) in [5.41, 5.74) is 3.34. The minimum absolute atomic E-state index is 0.696. The number of hydrogen-bond donors (Lipinski definition) is 0. The molecular formula is C20H18.